The zero-order valence-corrected chi connectivity index (χ0v) is 11.5. The molecule has 1 N–H and O–H groups in total. The van der Waals surface area contributed by atoms with Crippen LogP contribution in [-0.4, -0.2) is 35.8 Å². The number of morpholine rings is 1. The summed E-state index contributed by atoms with van der Waals surface area (Å²) in [6, 6.07) is 6.63. The predicted octanol–water partition coefficient (Wildman–Crippen LogP) is 2.87. The van der Waals surface area contributed by atoms with Gasteiger partial charge < -0.3 is 9.84 Å². The lowest BCUT2D eigenvalue weighted by Crippen LogP contribution is -2.46. The molecule has 1 aromatic rings. The molecule has 0 bridgehead atoms. The zero-order valence-electron chi connectivity index (χ0n) is 11.5. The molecule has 0 aliphatic carbocycles. The molecule has 0 spiro atoms. The molecule has 100 valence electrons. The number of aromatic hydroxyl groups is 1. The molecule has 2 atom stereocenters. The SMILES string of the molecule is CCC1COCCN1C(C)c1ccc(C)cc1O. The topological polar surface area (TPSA) is 32.7 Å². The van der Waals surface area contributed by atoms with Crippen molar-refractivity contribution in [3.8, 4) is 5.75 Å². The third-order valence-electron chi connectivity index (χ3n) is 3.88. The number of hydrogen-bond acceptors (Lipinski definition) is 3. The van der Waals surface area contributed by atoms with Crippen LogP contribution >= 0.6 is 0 Å². The van der Waals surface area contributed by atoms with Crippen LogP contribution in [0.5, 0.6) is 5.75 Å². The minimum Gasteiger partial charge on any atom is -0.508 e. The Morgan fingerprint density at radius 1 is 1.50 bits per heavy atom. The van der Waals surface area contributed by atoms with Crippen molar-refractivity contribution in [3.05, 3.63) is 29.3 Å². The summed E-state index contributed by atoms with van der Waals surface area (Å²) in [6.45, 7) is 8.87. The van der Waals surface area contributed by atoms with Crippen LogP contribution in [0.1, 0.15) is 37.4 Å². The molecule has 0 saturated carbocycles. The molecule has 1 aromatic carbocycles. The minimum atomic E-state index is 0.236. The van der Waals surface area contributed by atoms with E-state index in [0.717, 1.165) is 37.3 Å². The second kappa shape index (κ2) is 5.72. The van der Waals surface area contributed by atoms with Crippen molar-refractivity contribution in [2.45, 2.75) is 39.3 Å². The lowest BCUT2D eigenvalue weighted by molar-refractivity contribution is -0.0276. The molecule has 3 heteroatoms. The van der Waals surface area contributed by atoms with Gasteiger partial charge in [0.15, 0.2) is 0 Å². The molecule has 1 fully saturated rings. The van der Waals surface area contributed by atoms with Crippen LogP contribution in [0.15, 0.2) is 18.2 Å². The van der Waals surface area contributed by atoms with E-state index in [4.69, 9.17) is 4.74 Å². The van der Waals surface area contributed by atoms with Crippen molar-refractivity contribution in [3.63, 3.8) is 0 Å². The van der Waals surface area contributed by atoms with Gasteiger partial charge in [-0.1, -0.05) is 19.1 Å². The molecule has 1 saturated heterocycles. The normalized spacial score (nSPS) is 22.9. The summed E-state index contributed by atoms with van der Waals surface area (Å²) in [5.41, 5.74) is 2.11. The molecule has 2 rings (SSSR count). The summed E-state index contributed by atoms with van der Waals surface area (Å²) in [6.07, 6.45) is 1.08. The highest BCUT2D eigenvalue weighted by Gasteiger charge is 2.27. The number of aryl methyl sites for hydroxylation is 1. The Morgan fingerprint density at radius 3 is 2.94 bits per heavy atom. The first-order valence-electron chi connectivity index (χ1n) is 6.76. The molecule has 0 aromatic heterocycles. The van der Waals surface area contributed by atoms with Gasteiger partial charge in [-0.2, -0.15) is 0 Å². The van der Waals surface area contributed by atoms with Crippen LogP contribution in [-0.2, 0) is 4.74 Å². The number of hydrogen-bond donors (Lipinski definition) is 1. The minimum absolute atomic E-state index is 0.236. The Bertz CT molecular complexity index is 405. The lowest BCUT2D eigenvalue weighted by atomic mass is 10.0. The van der Waals surface area contributed by atoms with Crippen LogP contribution in [0.4, 0.5) is 0 Å². The standard InChI is InChI=1S/C15H23NO2/c1-4-13-10-18-8-7-16(13)12(3)14-6-5-11(2)9-15(14)17/h5-6,9,12-13,17H,4,7-8,10H2,1-3H3. The smallest absolute Gasteiger partial charge is 0.120 e. The Hall–Kier alpha value is -1.06. The van der Waals surface area contributed by atoms with Crippen molar-refractivity contribution in [1.82, 2.24) is 4.90 Å². The molecule has 0 radical (unpaired) electrons. The van der Waals surface area contributed by atoms with E-state index < -0.39 is 0 Å². The van der Waals surface area contributed by atoms with Crippen molar-refractivity contribution >= 4 is 0 Å². The van der Waals surface area contributed by atoms with Crippen molar-refractivity contribution in [1.29, 1.82) is 0 Å². The molecule has 1 heterocycles. The first kappa shape index (κ1) is 13.4. The average Bonchev–Trinajstić information content (AvgIpc) is 2.38. The van der Waals surface area contributed by atoms with Gasteiger partial charge in [0, 0.05) is 24.2 Å². The van der Waals surface area contributed by atoms with Crippen LogP contribution < -0.4 is 0 Å². The highest BCUT2D eigenvalue weighted by atomic mass is 16.5. The highest BCUT2D eigenvalue weighted by molar-refractivity contribution is 5.38. The van der Waals surface area contributed by atoms with E-state index in [-0.39, 0.29) is 6.04 Å². The maximum atomic E-state index is 10.1. The lowest BCUT2D eigenvalue weighted by Gasteiger charge is -2.39. The third-order valence-corrected chi connectivity index (χ3v) is 3.88. The van der Waals surface area contributed by atoms with Crippen molar-refractivity contribution in [2.24, 2.45) is 0 Å². The summed E-state index contributed by atoms with van der Waals surface area (Å²) in [5, 5.41) is 10.1. The monoisotopic (exact) mass is 249 g/mol. The number of phenols is 1. The Kier molecular flexibility index (Phi) is 4.25. The van der Waals surface area contributed by atoms with Gasteiger partial charge >= 0.3 is 0 Å². The maximum Gasteiger partial charge on any atom is 0.120 e. The number of nitrogens with zero attached hydrogens (tertiary/aromatic N) is 1. The molecule has 2 unspecified atom stereocenters. The van der Waals surface area contributed by atoms with Crippen LogP contribution in [0.3, 0.4) is 0 Å². The zero-order chi connectivity index (χ0) is 13.1. The van der Waals surface area contributed by atoms with Gasteiger partial charge in [0.1, 0.15) is 5.75 Å². The van der Waals surface area contributed by atoms with Gasteiger partial charge in [0.05, 0.1) is 13.2 Å². The van der Waals surface area contributed by atoms with Gasteiger partial charge in [-0.3, -0.25) is 4.90 Å². The van der Waals surface area contributed by atoms with E-state index in [2.05, 4.69) is 24.8 Å². The molecule has 1 aliphatic heterocycles. The van der Waals surface area contributed by atoms with Crippen molar-refractivity contribution < 1.29 is 9.84 Å². The Morgan fingerprint density at radius 2 is 2.28 bits per heavy atom. The van der Waals surface area contributed by atoms with E-state index in [9.17, 15) is 5.11 Å². The number of rotatable bonds is 3. The fraction of sp³-hybridized carbons (Fsp3) is 0.600. The van der Waals surface area contributed by atoms with Crippen molar-refractivity contribution in [2.75, 3.05) is 19.8 Å². The molecule has 0 amide bonds. The number of ether oxygens (including phenoxy) is 1. The van der Waals surface area contributed by atoms with Gasteiger partial charge in [0.25, 0.3) is 0 Å². The quantitative estimate of drug-likeness (QED) is 0.894. The van der Waals surface area contributed by atoms with Gasteiger partial charge in [0.2, 0.25) is 0 Å². The van der Waals surface area contributed by atoms with E-state index in [1.54, 1.807) is 0 Å². The fourth-order valence-corrected chi connectivity index (χ4v) is 2.72. The second-order valence-electron chi connectivity index (χ2n) is 5.11. The van der Waals surface area contributed by atoms with E-state index in [1.807, 2.05) is 19.1 Å². The molecular formula is C15H23NO2. The fourth-order valence-electron chi connectivity index (χ4n) is 2.72. The van der Waals surface area contributed by atoms with E-state index in [0.29, 0.717) is 11.8 Å². The summed E-state index contributed by atoms with van der Waals surface area (Å²) < 4.78 is 5.53. The summed E-state index contributed by atoms with van der Waals surface area (Å²) in [5.74, 6) is 0.406. The van der Waals surface area contributed by atoms with Gasteiger partial charge in [-0.05, 0) is 31.9 Å². The maximum absolute atomic E-state index is 10.1. The largest absolute Gasteiger partial charge is 0.508 e. The second-order valence-corrected chi connectivity index (χ2v) is 5.11. The predicted molar refractivity (Wildman–Crippen MR) is 72.9 cm³/mol. The van der Waals surface area contributed by atoms with Gasteiger partial charge in [-0.25, -0.2) is 0 Å². The van der Waals surface area contributed by atoms with E-state index in [1.165, 1.54) is 0 Å². The first-order chi connectivity index (χ1) is 8.63. The summed E-state index contributed by atoms with van der Waals surface area (Å²) in [7, 11) is 0. The molecular weight excluding hydrogens is 226 g/mol. The molecule has 18 heavy (non-hydrogen) atoms. The van der Waals surface area contributed by atoms with Crippen LogP contribution in [0, 0.1) is 6.92 Å². The third kappa shape index (κ3) is 2.68. The van der Waals surface area contributed by atoms with Crippen LogP contribution in [0.25, 0.3) is 0 Å². The first-order valence-corrected chi connectivity index (χ1v) is 6.76. The number of benzene rings is 1. The number of phenolic OH excluding ortho intramolecular Hbond substituents is 1. The summed E-state index contributed by atoms with van der Waals surface area (Å²) in [4.78, 5) is 2.44. The Labute approximate surface area is 109 Å². The summed E-state index contributed by atoms with van der Waals surface area (Å²) >= 11 is 0. The van der Waals surface area contributed by atoms with Gasteiger partial charge in [-0.15, -0.1) is 0 Å². The van der Waals surface area contributed by atoms with E-state index >= 15 is 0 Å². The van der Waals surface area contributed by atoms with Crippen LogP contribution in [0.2, 0.25) is 0 Å². The average molecular weight is 249 g/mol. The Balaban J connectivity index is 2.20. The highest BCUT2D eigenvalue weighted by Crippen LogP contribution is 2.31. The molecule has 3 nitrogen and oxygen atoms in total. The molecule has 1 aliphatic rings.